The largest absolute Gasteiger partial charge is 0.341 e. The molecule has 7 nitrogen and oxygen atoms in total. The van der Waals surface area contributed by atoms with E-state index in [4.69, 9.17) is 0 Å². The van der Waals surface area contributed by atoms with Crippen molar-refractivity contribution in [1.29, 1.82) is 0 Å². The van der Waals surface area contributed by atoms with Crippen LogP contribution < -0.4 is 4.90 Å². The van der Waals surface area contributed by atoms with Crippen LogP contribution in [0.15, 0.2) is 55.0 Å². The number of benzene rings is 1. The van der Waals surface area contributed by atoms with Gasteiger partial charge in [-0.05, 0) is 50.3 Å². The van der Waals surface area contributed by atoms with Crippen molar-refractivity contribution in [3.05, 3.63) is 66.2 Å². The maximum Gasteiger partial charge on any atom is 0.225 e. The van der Waals surface area contributed by atoms with Crippen molar-refractivity contribution in [3.63, 3.8) is 0 Å². The van der Waals surface area contributed by atoms with E-state index in [0.29, 0.717) is 13.0 Å². The lowest BCUT2D eigenvalue weighted by atomic mass is 9.78. The van der Waals surface area contributed by atoms with Crippen molar-refractivity contribution < 1.29 is 4.79 Å². The van der Waals surface area contributed by atoms with Crippen LogP contribution >= 0.6 is 0 Å². The van der Waals surface area contributed by atoms with Crippen LogP contribution in [0.1, 0.15) is 43.4 Å². The maximum absolute atomic E-state index is 13.0. The summed E-state index contributed by atoms with van der Waals surface area (Å²) in [6.45, 7) is 4.39. The molecule has 0 saturated carbocycles. The fraction of sp³-hybridized carbons (Fsp3) is 0.400. The first-order chi connectivity index (χ1) is 15.6. The zero-order valence-corrected chi connectivity index (χ0v) is 18.4. The number of anilines is 1. The van der Waals surface area contributed by atoms with E-state index < -0.39 is 0 Å². The van der Waals surface area contributed by atoms with Gasteiger partial charge in [-0.25, -0.2) is 19.9 Å². The maximum atomic E-state index is 13.0. The molecule has 5 rings (SSSR count). The van der Waals surface area contributed by atoms with Crippen molar-refractivity contribution in [3.8, 4) is 11.4 Å². The van der Waals surface area contributed by atoms with E-state index in [1.54, 1.807) is 12.4 Å². The first-order valence-electron chi connectivity index (χ1n) is 11.3. The number of hydrogen-bond acceptors (Lipinski definition) is 6. The summed E-state index contributed by atoms with van der Waals surface area (Å²) in [5.41, 5.74) is 3.04. The first kappa shape index (κ1) is 20.5. The second-order valence-electron chi connectivity index (χ2n) is 8.81. The highest BCUT2D eigenvalue weighted by Gasteiger charge is 2.44. The van der Waals surface area contributed by atoms with Gasteiger partial charge in [-0.2, -0.15) is 0 Å². The van der Waals surface area contributed by atoms with Crippen LogP contribution in [0.5, 0.6) is 0 Å². The minimum Gasteiger partial charge on any atom is -0.341 e. The number of amides is 1. The van der Waals surface area contributed by atoms with E-state index in [2.05, 4.69) is 41.9 Å². The summed E-state index contributed by atoms with van der Waals surface area (Å²) in [6.07, 6.45) is 9.90. The number of hydrogen-bond donors (Lipinski definition) is 0. The van der Waals surface area contributed by atoms with Gasteiger partial charge in [0.1, 0.15) is 0 Å². The lowest BCUT2D eigenvalue weighted by Gasteiger charge is -2.51. The second-order valence-corrected chi connectivity index (χ2v) is 8.81. The highest BCUT2D eigenvalue weighted by molar-refractivity contribution is 5.78. The topological polar surface area (TPSA) is 75.1 Å². The molecule has 164 valence electrons. The molecule has 2 fully saturated rings. The van der Waals surface area contributed by atoms with Gasteiger partial charge in [0.15, 0.2) is 5.82 Å². The molecule has 0 aliphatic carbocycles. The Hall–Kier alpha value is -3.35. The Morgan fingerprint density at radius 1 is 0.938 bits per heavy atom. The molecule has 32 heavy (non-hydrogen) atoms. The molecule has 0 unspecified atom stereocenters. The quantitative estimate of drug-likeness (QED) is 0.629. The number of aryl methyl sites for hydroxylation is 1. The normalized spacial score (nSPS) is 18.2. The summed E-state index contributed by atoms with van der Waals surface area (Å²) in [5, 5.41) is 0. The van der Waals surface area contributed by atoms with Crippen LogP contribution in [0.3, 0.4) is 0 Å². The zero-order chi connectivity index (χ0) is 22.0. The first-order valence-corrected chi connectivity index (χ1v) is 11.3. The Morgan fingerprint density at radius 3 is 2.41 bits per heavy atom. The van der Waals surface area contributed by atoms with Gasteiger partial charge in [-0.15, -0.1) is 0 Å². The average molecular weight is 429 g/mol. The van der Waals surface area contributed by atoms with Gasteiger partial charge in [0.05, 0.1) is 0 Å². The predicted molar refractivity (Wildman–Crippen MR) is 123 cm³/mol. The minimum absolute atomic E-state index is 0.0725. The molecule has 0 N–H and O–H groups in total. The Labute approximate surface area is 188 Å². The molecule has 1 spiro atoms. The third-order valence-corrected chi connectivity index (χ3v) is 6.78. The SMILES string of the molecule is Cc1ccnc(N2CCC3(CCCC(=O)N3Cc3ccc(-c4ncccn4)cc3)CC2)n1. The number of piperidine rings is 2. The standard InChI is InChI=1S/C25H28N6O/c1-19-9-15-28-24(29-19)30-16-11-25(12-17-30)10-2-4-22(32)31(25)18-20-5-7-21(8-6-20)23-26-13-3-14-27-23/h3,5-9,13-15H,2,4,10-12,16-18H2,1H3. The summed E-state index contributed by atoms with van der Waals surface area (Å²) in [6, 6.07) is 12.0. The second kappa shape index (κ2) is 8.65. The molecule has 2 aliphatic rings. The molecule has 2 saturated heterocycles. The minimum atomic E-state index is -0.0725. The third-order valence-electron chi connectivity index (χ3n) is 6.78. The number of carbonyl (C=O) groups is 1. The summed E-state index contributed by atoms with van der Waals surface area (Å²) in [5.74, 6) is 1.79. The number of aromatic nitrogens is 4. The Morgan fingerprint density at radius 2 is 1.69 bits per heavy atom. The zero-order valence-electron chi connectivity index (χ0n) is 18.4. The Bertz CT molecular complexity index is 1080. The lowest BCUT2D eigenvalue weighted by Crippen LogP contribution is -2.59. The van der Waals surface area contributed by atoms with E-state index in [1.807, 2.05) is 37.4 Å². The van der Waals surface area contributed by atoms with Crippen LogP contribution in [0.25, 0.3) is 11.4 Å². The van der Waals surface area contributed by atoms with Crippen molar-refractivity contribution >= 4 is 11.9 Å². The highest BCUT2D eigenvalue weighted by atomic mass is 16.2. The molecule has 1 amide bonds. The van der Waals surface area contributed by atoms with Crippen LogP contribution in [0.4, 0.5) is 5.95 Å². The van der Waals surface area contributed by atoms with Gasteiger partial charge in [0.2, 0.25) is 11.9 Å². The van der Waals surface area contributed by atoms with Gasteiger partial charge in [-0.1, -0.05) is 24.3 Å². The third kappa shape index (κ3) is 4.07. The fourth-order valence-electron chi connectivity index (χ4n) is 4.98. The number of rotatable bonds is 4. The summed E-state index contributed by atoms with van der Waals surface area (Å²) >= 11 is 0. The van der Waals surface area contributed by atoms with Gasteiger partial charge in [0.25, 0.3) is 0 Å². The molecule has 2 aliphatic heterocycles. The van der Waals surface area contributed by atoms with Gasteiger partial charge in [-0.3, -0.25) is 4.79 Å². The highest BCUT2D eigenvalue weighted by Crippen LogP contribution is 2.39. The molecule has 2 aromatic heterocycles. The summed E-state index contributed by atoms with van der Waals surface area (Å²) in [4.78, 5) is 35.1. The van der Waals surface area contributed by atoms with E-state index in [-0.39, 0.29) is 11.4 Å². The number of carbonyl (C=O) groups excluding carboxylic acids is 1. The molecular weight excluding hydrogens is 400 g/mol. The Kier molecular flexibility index (Phi) is 5.55. The van der Waals surface area contributed by atoms with Gasteiger partial charge >= 0.3 is 0 Å². The predicted octanol–water partition coefficient (Wildman–Crippen LogP) is 3.79. The van der Waals surface area contributed by atoms with Gasteiger partial charge < -0.3 is 9.80 Å². The van der Waals surface area contributed by atoms with Crippen molar-refractivity contribution in [1.82, 2.24) is 24.8 Å². The molecule has 3 aromatic rings. The van der Waals surface area contributed by atoms with E-state index in [9.17, 15) is 4.79 Å². The van der Waals surface area contributed by atoms with Crippen molar-refractivity contribution in [2.45, 2.75) is 51.1 Å². The van der Waals surface area contributed by atoms with Gasteiger partial charge in [0, 0.05) is 61.4 Å². The van der Waals surface area contributed by atoms with Crippen LogP contribution in [0, 0.1) is 6.92 Å². The Balaban J connectivity index is 1.32. The number of nitrogens with zero attached hydrogens (tertiary/aromatic N) is 6. The summed E-state index contributed by atoms with van der Waals surface area (Å²) < 4.78 is 0. The van der Waals surface area contributed by atoms with Crippen LogP contribution in [-0.4, -0.2) is 49.4 Å². The molecule has 0 bridgehead atoms. The average Bonchev–Trinajstić information content (AvgIpc) is 2.83. The van der Waals surface area contributed by atoms with Crippen LogP contribution in [-0.2, 0) is 11.3 Å². The molecule has 4 heterocycles. The van der Waals surface area contributed by atoms with Crippen molar-refractivity contribution in [2.75, 3.05) is 18.0 Å². The van der Waals surface area contributed by atoms with E-state index >= 15 is 0 Å². The van der Waals surface area contributed by atoms with E-state index in [1.165, 1.54) is 0 Å². The van der Waals surface area contributed by atoms with E-state index in [0.717, 1.165) is 67.4 Å². The number of likely N-dealkylation sites (tertiary alicyclic amines) is 1. The summed E-state index contributed by atoms with van der Waals surface area (Å²) in [7, 11) is 0. The molecular formula is C25H28N6O. The monoisotopic (exact) mass is 428 g/mol. The molecule has 0 atom stereocenters. The fourth-order valence-corrected chi connectivity index (χ4v) is 4.98. The smallest absolute Gasteiger partial charge is 0.225 e. The van der Waals surface area contributed by atoms with Crippen LogP contribution in [0.2, 0.25) is 0 Å². The molecule has 7 heteroatoms. The van der Waals surface area contributed by atoms with Crippen molar-refractivity contribution in [2.24, 2.45) is 0 Å². The molecule has 1 aromatic carbocycles. The lowest BCUT2D eigenvalue weighted by molar-refractivity contribution is -0.144. The molecule has 0 radical (unpaired) electrons.